The second-order valence-corrected chi connectivity index (χ2v) is 2.08. The Hall–Kier alpha value is 0.320. The molecule has 33 valence electrons. The summed E-state index contributed by atoms with van der Waals surface area (Å²) in [6.07, 6.45) is 0. The third kappa shape index (κ3) is 0.447. The summed E-state index contributed by atoms with van der Waals surface area (Å²) >= 11 is 10.8. The van der Waals surface area contributed by atoms with Crippen molar-refractivity contribution in [3.8, 4) is 0 Å². The van der Waals surface area contributed by atoms with Crippen molar-refractivity contribution in [2.75, 3.05) is 0 Å². The van der Waals surface area contributed by atoms with E-state index in [1.165, 1.54) is 0 Å². The smallest absolute Gasteiger partial charge is 0.112 e. The van der Waals surface area contributed by atoms with Crippen molar-refractivity contribution in [1.29, 1.82) is 0 Å². The SMILES string of the molecule is C=C1[C](Cl)C1Cl. The Kier molecular flexibility index (Phi) is 0.853. The Morgan fingerprint density at radius 1 is 1.67 bits per heavy atom. The van der Waals surface area contributed by atoms with Gasteiger partial charge in [0.15, 0.2) is 0 Å². The summed E-state index contributed by atoms with van der Waals surface area (Å²) < 4.78 is 0. The number of halogens is 2. The predicted octanol–water partition coefficient (Wildman–Crippen LogP) is 1.93. The second kappa shape index (κ2) is 1.14. The van der Waals surface area contributed by atoms with Gasteiger partial charge in [0.05, 0.1) is 5.38 Å². The maximum Gasteiger partial charge on any atom is 0.112 e. The molecule has 1 unspecified atom stereocenters. The highest BCUT2D eigenvalue weighted by atomic mass is 35.5. The van der Waals surface area contributed by atoms with Gasteiger partial charge in [0.2, 0.25) is 0 Å². The van der Waals surface area contributed by atoms with Gasteiger partial charge in [-0.2, -0.15) is 0 Å². The van der Waals surface area contributed by atoms with E-state index in [4.69, 9.17) is 23.2 Å². The molecule has 1 radical (unpaired) electrons. The molecule has 0 heterocycles. The Morgan fingerprint density at radius 3 is 1.83 bits per heavy atom. The van der Waals surface area contributed by atoms with Gasteiger partial charge in [-0.15, -0.1) is 23.2 Å². The van der Waals surface area contributed by atoms with Crippen molar-refractivity contribution in [1.82, 2.24) is 0 Å². The van der Waals surface area contributed by atoms with Gasteiger partial charge in [0, 0.05) is 0 Å². The summed E-state index contributed by atoms with van der Waals surface area (Å²) in [6.45, 7) is 3.53. The zero-order valence-electron chi connectivity index (χ0n) is 3.04. The first-order chi connectivity index (χ1) is 2.73. The fraction of sp³-hybridized carbons (Fsp3) is 0.250. The molecule has 0 aliphatic heterocycles. The molecule has 1 saturated carbocycles. The van der Waals surface area contributed by atoms with Gasteiger partial charge in [-0.1, -0.05) is 6.58 Å². The van der Waals surface area contributed by atoms with Crippen LogP contribution in [0.15, 0.2) is 12.2 Å². The van der Waals surface area contributed by atoms with E-state index in [1.807, 2.05) is 0 Å². The van der Waals surface area contributed by atoms with Crippen molar-refractivity contribution in [3.63, 3.8) is 0 Å². The number of hydrogen-bond acceptors (Lipinski definition) is 0. The first kappa shape index (κ1) is 4.48. The summed E-state index contributed by atoms with van der Waals surface area (Å²) in [6, 6.07) is 0. The molecule has 1 aliphatic rings. The predicted molar refractivity (Wildman–Crippen MR) is 27.9 cm³/mol. The molecule has 1 fully saturated rings. The van der Waals surface area contributed by atoms with E-state index in [2.05, 4.69) is 6.58 Å². The molecule has 0 aromatic rings. The molecular formula is C4H3Cl2. The van der Waals surface area contributed by atoms with Crippen LogP contribution in [0.25, 0.3) is 0 Å². The van der Waals surface area contributed by atoms with Crippen LogP contribution in [0.1, 0.15) is 0 Å². The first-order valence-corrected chi connectivity index (χ1v) is 2.40. The lowest BCUT2D eigenvalue weighted by molar-refractivity contribution is 1.67. The van der Waals surface area contributed by atoms with E-state index < -0.39 is 0 Å². The molecule has 1 atom stereocenters. The summed E-state index contributed by atoms with van der Waals surface area (Å²) in [5.41, 5.74) is 0.873. The molecule has 0 bridgehead atoms. The number of hydrogen-bond donors (Lipinski definition) is 0. The van der Waals surface area contributed by atoms with E-state index >= 15 is 0 Å². The van der Waals surface area contributed by atoms with Crippen LogP contribution in [0.4, 0.5) is 0 Å². The Morgan fingerprint density at radius 2 is 1.83 bits per heavy atom. The van der Waals surface area contributed by atoms with Crippen LogP contribution in [-0.4, -0.2) is 5.38 Å². The van der Waals surface area contributed by atoms with Crippen LogP contribution < -0.4 is 0 Å². The van der Waals surface area contributed by atoms with Gasteiger partial charge >= 0.3 is 0 Å². The van der Waals surface area contributed by atoms with Crippen LogP contribution in [0.2, 0.25) is 0 Å². The van der Waals surface area contributed by atoms with Gasteiger partial charge in [-0.05, 0) is 5.57 Å². The minimum Gasteiger partial charge on any atom is -0.116 e. The normalized spacial score (nSPS) is 34.3. The lowest BCUT2D eigenvalue weighted by Crippen LogP contribution is -1.54. The van der Waals surface area contributed by atoms with E-state index in [1.54, 1.807) is 0 Å². The summed E-state index contributed by atoms with van der Waals surface area (Å²) in [5.74, 6) is 0. The van der Waals surface area contributed by atoms with Crippen molar-refractivity contribution in [2.24, 2.45) is 0 Å². The standard InChI is InChI=1S/C4H3Cl2/c1-2-3(5)4(2)6/h3H,1H2. The third-order valence-corrected chi connectivity index (χ3v) is 1.81. The molecule has 0 aromatic carbocycles. The fourth-order valence-electron chi connectivity index (χ4n) is 0.208. The van der Waals surface area contributed by atoms with E-state index in [-0.39, 0.29) is 5.38 Å². The lowest BCUT2D eigenvalue weighted by Gasteiger charge is -1.58. The number of alkyl halides is 1. The minimum absolute atomic E-state index is 0.0216. The Labute approximate surface area is 46.7 Å². The molecular weight excluding hydrogens is 119 g/mol. The Balaban J connectivity index is 2.51. The molecule has 1 rings (SSSR count). The van der Waals surface area contributed by atoms with Gasteiger partial charge < -0.3 is 0 Å². The van der Waals surface area contributed by atoms with Crippen molar-refractivity contribution in [3.05, 3.63) is 17.5 Å². The van der Waals surface area contributed by atoms with Gasteiger partial charge in [0.1, 0.15) is 5.38 Å². The monoisotopic (exact) mass is 121 g/mol. The van der Waals surface area contributed by atoms with Crippen molar-refractivity contribution in [2.45, 2.75) is 5.38 Å². The average Bonchev–Trinajstić information content (AvgIpc) is 1.94. The maximum absolute atomic E-state index is 5.42. The molecule has 0 spiro atoms. The Bertz CT molecular complexity index is 77.5. The molecule has 1 aliphatic carbocycles. The van der Waals surface area contributed by atoms with Gasteiger partial charge in [-0.3, -0.25) is 0 Å². The summed E-state index contributed by atoms with van der Waals surface area (Å²) in [7, 11) is 0. The molecule has 2 heteroatoms. The van der Waals surface area contributed by atoms with E-state index in [0.29, 0.717) is 0 Å². The highest BCUT2D eigenvalue weighted by Crippen LogP contribution is 2.47. The number of allylic oxidation sites excluding steroid dienone is 1. The van der Waals surface area contributed by atoms with Crippen LogP contribution in [0.5, 0.6) is 0 Å². The number of rotatable bonds is 0. The zero-order valence-corrected chi connectivity index (χ0v) is 4.55. The van der Waals surface area contributed by atoms with Crippen LogP contribution in [0.3, 0.4) is 0 Å². The van der Waals surface area contributed by atoms with Crippen LogP contribution in [-0.2, 0) is 0 Å². The maximum atomic E-state index is 5.42. The molecule has 0 saturated heterocycles. The average molecular weight is 122 g/mol. The van der Waals surface area contributed by atoms with Crippen molar-refractivity contribution < 1.29 is 0 Å². The van der Waals surface area contributed by atoms with Crippen LogP contribution >= 0.6 is 23.2 Å². The minimum atomic E-state index is -0.0216. The lowest BCUT2D eigenvalue weighted by atomic mass is 10.7. The first-order valence-electron chi connectivity index (χ1n) is 1.59. The molecule has 6 heavy (non-hydrogen) atoms. The van der Waals surface area contributed by atoms with E-state index in [9.17, 15) is 0 Å². The molecule has 0 N–H and O–H groups in total. The fourth-order valence-corrected chi connectivity index (χ4v) is 0.644. The van der Waals surface area contributed by atoms with Crippen LogP contribution in [0, 0.1) is 5.38 Å². The second-order valence-electron chi connectivity index (χ2n) is 1.24. The molecule has 0 aromatic heterocycles. The third-order valence-electron chi connectivity index (χ3n) is 0.752. The topological polar surface area (TPSA) is 0 Å². The zero-order chi connectivity index (χ0) is 4.73. The summed E-state index contributed by atoms with van der Waals surface area (Å²) in [5, 5.41) is 0.698. The van der Waals surface area contributed by atoms with Gasteiger partial charge in [-0.25, -0.2) is 0 Å². The molecule has 0 nitrogen and oxygen atoms in total. The quantitative estimate of drug-likeness (QED) is 0.430. The van der Waals surface area contributed by atoms with E-state index in [0.717, 1.165) is 11.0 Å². The summed E-state index contributed by atoms with van der Waals surface area (Å²) in [4.78, 5) is 0. The van der Waals surface area contributed by atoms with Crippen molar-refractivity contribution >= 4 is 23.2 Å². The van der Waals surface area contributed by atoms with Gasteiger partial charge in [0.25, 0.3) is 0 Å². The molecule has 0 amide bonds. The largest absolute Gasteiger partial charge is 0.116 e. The highest BCUT2D eigenvalue weighted by molar-refractivity contribution is 6.44. The highest BCUT2D eigenvalue weighted by Gasteiger charge is 2.40.